The van der Waals surface area contributed by atoms with Gasteiger partial charge < -0.3 is 15.5 Å². The van der Waals surface area contributed by atoms with E-state index in [2.05, 4.69) is 26.1 Å². The fraction of sp³-hybridized carbons (Fsp3) is 0.385. The smallest absolute Gasteiger partial charge is 0.239 e. The van der Waals surface area contributed by atoms with E-state index < -0.39 is 0 Å². The summed E-state index contributed by atoms with van der Waals surface area (Å²) < 4.78 is 0. The molecule has 0 atom stereocenters. The molecule has 21 heavy (non-hydrogen) atoms. The van der Waals surface area contributed by atoms with Crippen molar-refractivity contribution in [1.82, 2.24) is 20.6 Å². The number of thiocarbonyl (C=S) groups is 1. The van der Waals surface area contributed by atoms with Crippen molar-refractivity contribution >= 4 is 34.6 Å². The van der Waals surface area contributed by atoms with Crippen LogP contribution in [0.2, 0.25) is 0 Å². The number of carbonyl (C=O) groups is 1. The van der Waals surface area contributed by atoms with Crippen LogP contribution in [0.3, 0.4) is 0 Å². The summed E-state index contributed by atoms with van der Waals surface area (Å²) in [5.74, 6) is -0.0214. The number of rotatable bonds is 1. The Kier molecular flexibility index (Phi) is 3.96. The van der Waals surface area contributed by atoms with Gasteiger partial charge in [0.2, 0.25) is 5.91 Å². The van der Waals surface area contributed by atoms with Crippen molar-refractivity contribution in [3.8, 4) is 0 Å². The van der Waals surface area contributed by atoms with Crippen LogP contribution in [0.15, 0.2) is 23.4 Å². The van der Waals surface area contributed by atoms with Gasteiger partial charge in [-0.3, -0.25) is 15.2 Å². The molecule has 110 valence electrons. The molecular weight excluding hydrogens is 288 g/mol. The number of fused-ring (bicyclic) bond motifs is 1. The molecule has 2 aliphatic heterocycles. The molecule has 1 fully saturated rings. The number of nitrogens with zero attached hydrogens (tertiary/aromatic N) is 3. The Balaban J connectivity index is 1.69. The van der Waals surface area contributed by atoms with E-state index in [1.165, 1.54) is 0 Å². The minimum absolute atomic E-state index is 0.0214. The molecule has 2 aliphatic rings. The van der Waals surface area contributed by atoms with Crippen molar-refractivity contribution in [2.75, 3.05) is 31.5 Å². The molecule has 0 saturated carbocycles. The van der Waals surface area contributed by atoms with Crippen LogP contribution in [0, 0.1) is 0 Å². The molecule has 8 heteroatoms. The van der Waals surface area contributed by atoms with Gasteiger partial charge >= 0.3 is 0 Å². The van der Waals surface area contributed by atoms with E-state index in [1.807, 2.05) is 12.1 Å². The molecule has 1 amide bonds. The molecule has 1 aromatic heterocycles. The molecule has 0 radical (unpaired) electrons. The SMILES string of the molecule is O=C1CN(C(=S)N/N=C2/CCNc3cccnc32)CCN1. The zero-order valence-electron chi connectivity index (χ0n) is 11.4. The molecule has 0 unspecified atom stereocenters. The highest BCUT2D eigenvalue weighted by Gasteiger charge is 2.19. The molecule has 3 heterocycles. The highest BCUT2D eigenvalue weighted by atomic mass is 32.1. The lowest BCUT2D eigenvalue weighted by Gasteiger charge is -2.28. The summed E-state index contributed by atoms with van der Waals surface area (Å²) in [5, 5.41) is 10.9. The third-order valence-electron chi connectivity index (χ3n) is 3.37. The Labute approximate surface area is 127 Å². The van der Waals surface area contributed by atoms with E-state index in [9.17, 15) is 4.79 Å². The van der Waals surface area contributed by atoms with Crippen LogP contribution in [0.4, 0.5) is 5.69 Å². The van der Waals surface area contributed by atoms with Crippen molar-refractivity contribution in [3.63, 3.8) is 0 Å². The second-order valence-electron chi connectivity index (χ2n) is 4.82. The fourth-order valence-corrected chi connectivity index (χ4v) is 2.52. The molecule has 1 aromatic rings. The Morgan fingerprint density at radius 2 is 2.33 bits per heavy atom. The standard InChI is InChI=1S/C13H16N6OS/c20-11-8-19(7-6-15-11)13(21)18-17-10-3-5-14-9-2-1-4-16-12(9)10/h1-2,4,14H,3,5-8H2,(H,15,20)(H,18,21)/b17-10-. The van der Waals surface area contributed by atoms with Crippen LogP contribution in [0.5, 0.6) is 0 Å². The second kappa shape index (κ2) is 6.04. The summed E-state index contributed by atoms with van der Waals surface area (Å²) in [5.41, 5.74) is 5.57. The van der Waals surface area contributed by atoms with Crippen molar-refractivity contribution in [2.24, 2.45) is 5.10 Å². The van der Waals surface area contributed by atoms with Crippen molar-refractivity contribution in [3.05, 3.63) is 24.0 Å². The number of hydrogen-bond acceptors (Lipinski definition) is 5. The molecule has 1 saturated heterocycles. The number of amides is 1. The Hall–Kier alpha value is -2.22. The third-order valence-corrected chi connectivity index (χ3v) is 3.72. The zero-order valence-corrected chi connectivity index (χ0v) is 12.2. The number of piperazine rings is 1. The zero-order chi connectivity index (χ0) is 14.7. The fourth-order valence-electron chi connectivity index (χ4n) is 2.32. The Morgan fingerprint density at radius 1 is 1.43 bits per heavy atom. The largest absolute Gasteiger partial charge is 0.383 e. The first-order valence-corrected chi connectivity index (χ1v) is 7.22. The van der Waals surface area contributed by atoms with E-state index >= 15 is 0 Å². The van der Waals surface area contributed by atoms with Gasteiger partial charge in [0.25, 0.3) is 0 Å². The van der Waals surface area contributed by atoms with Gasteiger partial charge in [-0.25, -0.2) is 0 Å². The van der Waals surface area contributed by atoms with Gasteiger partial charge in [0.15, 0.2) is 5.11 Å². The van der Waals surface area contributed by atoms with Crippen LogP contribution in [0.1, 0.15) is 12.1 Å². The topological polar surface area (TPSA) is 81.7 Å². The van der Waals surface area contributed by atoms with Gasteiger partial charge in [-0.1, -0.05) is 0 Å². The van der Waals surface area contributed by atoms with E-state index in [4.69, 9.17) is 12.2 Å². The lowest BCUT2D eigenvalue weighted by atomic mass is 10.1. The molecule has 7 nitrogen and oxygen atoms in total. The predicted octanol–water partition coefficient (Wildman–Crippen LogP) is -0.0924. The van der Waals surface area contributed by atoms with Crippen LogP contribution >= 0.6 is 12.2 Å². The maximum Gasteiger partial charge on any atom is 0.239 e. The minimum Gasteiger partial charge on any atom is -0.383 e. The quantitative estimate of drug-likeness (QED) is 0.497. The molecular formula is C13H16N6OS. The number of pyridine rings is 1. The monoisotopic (exact) mass is 304 g/mol. The highest BCUT2D eigenvalue weighted by Crippen LogP contribution is 2.18. The number of anilines is 1. The normalized spacial score (nSPS) is 19.5. The first-order valence-electron chi connectivity index (χ1n) is 6.81. The van der Waals surface area contributed by atoms with Crippen LogP contribution < -0.4 is 16.1 Å². The van der Waals surface area contributed by atoms with Crippen molar-refractivity contribution in [1.29, 1.82) is 0 Å². The number of carbonyl (C=O) groups excluding carboxylic acids is 1. The van der Waals surface area contributed by atoms with Crippen LogP contribution in [-0.2, 0) is 4.79 Å². The molecule has 3 N–H and O–H groups in total. The number of hydrogen-bond donors (Lipinski definition) is 3. The summed E-state index contributed by atoms with van der Waals surface area (Å²) in [4.78, 5) is 17.5. The Bertz CT molecular complexity index is 602. The summed E-state index contributed by atoms with van der Waals surface area (Å²) >= 11 is 5.29. The summed E-state index contributed by atoms with van der Waals surface area (Å²) in [6, 6.07) is 3.86. The van der Waals surface area contributed by atoms with Crippen molar-refractivity contribution < 1.29 is 4.79 Å². The molecule has 0 aliphatic carbocycles. The maximum atomic E-state index is 11.4. The van der Waals surface area contributed by atoms with Crippen LogP contribution in [-0.4, -0.2) is 52.8 Å². The summed E-state index contributed by atoms with van der Waals surface area (Å²) in [6.07, 6.45) is 2.52. The molecule has 0 spiro atoms. The lowest BCUT2D eigenvalue weighted by Crippen LogP contribution is -2.52. The van der Waals surface area contributed by atoms with Crippen molar-refractivity contribution in [2.45, 2.75) is 6.42 Å². The third kappa shape index (κ3) is 3.10. The Morgan fingerprint density at radius 3 is 3.19 bits per heavy atom. The first kappa shape index (κ1) is 13.7. The molecule has 0 bridgehead atoms. The van der Waals surface area contributed by atoms with Gasteiger partial charge in [-0.15, -0.1) is 0 Å². The first-order chi connectivity index (χ1) is 10.2. The average Bonchev–Trinajstić information content (AvgIpc) is 2.52. The predicted molar refractivity (Wildman–Crippen MR) is 84.2 cm³/mol. The van der Waals surface area contributed by atoms with E-state index in [-0.39, 0.29) is 12.5 Å². The maximum absolute atomic E-state index is 11.4. The molecule has 0 aromatic carbocycles. The van der Waals surface area contributed by atoms with Gasteiger partial charge in [-0.2, -0.15) is 5.10 Å². The highest BCUT2D eigenvalue weighted by molar-refractivity contribution is 7.80. The van der Waals surface area contributed by atoms with E-state index in [0.29, 0.717) is 18.2 Å². The average molecular weight is 304 g/mol. The number of aromatic nitrogens is 1. The van der Waals surface area contributed by atoms with Crippen LogP contribution in [0.25, 0.3) is 0 Å². The molecule has 3 rings (SSSR count). The minimum atomic E-state index is -0.0214. The van der Waals surface area contributed by atoms with E-state index in [1.54, 1.807) is 11.1 Å². The van der Waals surface area contributed by atoms with Gasteiger partial charge in [-0.05, 0) is 24.4 Å². The number of hydrazone groups is 1. The second-order valence-corrected chi connectivity index (χ2v) is 5.21. The number of nitrogens with one attached hydrogen (secondary N) is 3. The van der Waals surface area contributed by atoms with Gasteiger partial charge in [0, 0.05) is 32.3 Å². The summed E-state index contributed by atoms with van der Waals surface area (Å²) in [6.45, 7) is 2.38. The van der Waals surface area contributed by atoms with Gasteiger partial charge in [0.1, 0.15) is 5.69 Å². The summed E-state index contributed by atoms with van der Waals surface area (Å²) in [7, 11) is 0. The van der Waals surface area contributed by atoms with Gasteiger partial charge in [0.05, 0.1) is 17.9 Å². The van der Waals surface area contributed by atoms with E-state index in [0.717, 1.165) is 30.1 Å². The lowest BCUT2D eigenvalue weighted by molar-refractivity contribution is -0.122.